The van der Waals surface area contributed by atoms with E-state index in [1.807, 2.05) is 24.3 Å². The third kappa shape index (κ3) is 6.37. The highest BCUT2D eigenvalue weighted by Gasteiger charge is 2.30. The number of nitrogens with two attached hydrogens (primary N) is 1. The number of primary amides is 1. The van der Waals surface area contributed by atoms with Crippen molar-refractivity contribution in [2.45, 2.75) is 51.9 Å². The maximum absolute atomic E-state index is 14.5. The van der Waals surface area contributed by atoms with Gasteiger partial charge in [0.15, 0.2) is 5.78 Å². The van der Waals surface area contributed by atoms with E-state index in [1.165, 1.54) is 0 Å². The quantitative estimate of drug-likeness (QED) is 0.182. The van der Waals surface area contributed by atoms with Crippen molar-refractivity contribution >= 4 is 44.7 Å². The molecule has 0 spiro atoms. The molecule has 1 fully saturated rings. The van der Waals surface area contributed by atoms with Crippen molar-refractivity contribution in [2.75, 3.05) is 7.11 Å². The first-order valence-corrected chi connectivity index (χ1v) is 15.5. The van der Waals surface area contributed by atoms with E-state index >= 15 is 0 Å². The average Bonchev–Trinajstić information content (AvgIpc) is 3.35. The van der Waals surface area contributed by atoms with Crippen LogP contribution in [0.3, 0.4) is 0 Å². The number of aryl methyl sites for hydroxylation is 1. The normalized spacial score (nSPS) is 17.7. The summed E-state index contributed by atoms with van der Waals surface area (Å²) in [5.74, 6) is 0.0612. The van der Waals surface area contributed by atoms with Crippen LogP contribution in [0.5, 0.6) is 5.75 Å². The second-order valence-corrected chi connectivity index (χ2v) is 12.8. The number of carbonyl (C=O) groups excluding carboxylic acids is 2. The number of ether oxygens (including phenoxy) is 1. The third-order valence-corrected chi connectivity index (χ3v) is 10.4. The number of rotatable bonds is 10. The highest BCUT2D eigenvalue weighted by molar-refractivity contribution is 7.21. The molecule has 1 unspecified atom stereocenters. The Morgan fingerprint density at radius 2 is 1.67 bits per heavy atom. The maximum atomic E-state index is 14.5. The van der Waals surface area contributed by atoms with E-state index in [-0.39, 0.29) is 38.1 Å². The molecule has 42 heavy (non-hydrogen) atoms. The number of thiophene rings is 1. The Hall–Kier alpha value is -3.29. The van der Waals surface area contributed by atoms with Gasteiger partial charge in [0.05, 0.1) is 27.1 Å². The number of carbonyl (C=O) groups is 2. The number of amides is 1. The summed E-state index contributed by atoms with van der Waals surface area (Å²) < 4.78 is 34.7. The molecule has 2 N–H and O–H groups in total. The van der Waals surface area contributed by atoms with Gasteiger partial charge in [0.25, 0.3) is 0 Å². The molecule has 1 aromatic heterocycles. The van der Waals surface area contributed by atoms with Gasteiger partial charge in [-0.25, -0.2) is 8.78 Å². The van der Waals surface area contributed by atoms with Crippen LogP contribution in [0.4, 0.5) is 8.78 Å². The summed E-state index contributed by atoms with van der Waals surface area (Å²) in [6, 6.07) is 15.3. The standard InChI is InChI=1S/C34H34ClF2NO3S/c1-19-3-5-20(6-4-19)24(18-28(39)33-31(35)30-26(36)14-15-27(37)32(30)42-33)11-12-25-17-23(13-16-29(25)41-2)21-7-9-22(10-8-21)34(38)40/h7-10,13-17,19-20,24H,3-6,11-12,18H2,1-2H3,(H2,38,40). The molecule has 4 nitrogen and oxygen atoms in total. The van der Waals surface area contributed by atoms with E-state index in [9.17, 15) is 18.4 Å². The molecule has 8 heteroatoms. The number of hydrogen-bond acceptors (Lipinski definition) is 4. The molecule has 1 aliphatic rings. The minimum Gasteiger partial charge on any atom is -0.496 e. The Bertz CT molecular complexity index is 1610. The van der Waals surface area contributed by atoms with Gasteiger partial charge in [0, 0.05) is 12.0 Å². The van der Waals surface area contributed by atoms with E-state index in [4.69, 9.17) is 22.1 Å². The lowest BCUT2D eigenvalue weighted by atomic mass is 9.73. The molecular formula is C34H34ClF2NO3S. The topological polar surface area (TPSA) is 69.4 Å². The fourth-order valence-corrected chi connectivity index (χ4v) is 7.71. The van der Waals surface area contributed by atoms with Gasteiger partial charge >= 0.3 is 0 Å². The summed E-state index contributed by atoms with van der Waals surface area (Å²) in [6.07, 6.45) is 6.06. The molecule has 0 bridgehead atoms. The van der Waals surface area contributed by atoms with Gasteiger partial charge in [-0.3, -0.25) is 9.59 Å². The second-order valence-electron chi connectivity index (χ2n) is 11.4. The Morgan fingerprint density at radius 3 is 2.31 bits per heavy atom. The number of Topliss-reactive ketones (excluding diaryl/α,β-unsaturated/α-hetero) is 1. The molecule has 1 amide bonds. The largest absolute Gasteiger partial charge is 0.496 e. The summed E-state index contributed by atoms with van der Waals surface area (Å²) in [5, 5.41) is -0.0109. The first kappa shape index (κ1) is 30.2. The van der Waals surface area contributed by atoms with Crippen molar-refractivity contribution in [2.24, 2.45) is 23.5 Å². The summed E-state index contributed by atoms with van der Waals surface area (Å²) >= 11 is 7.41. The summed E-state index contributed by atoms with van der Waals surface area (Å²) in [7, 11) is 1.64. The van der Waals surface area contributed by atoms with Crippen LogP contribution in [0.15, 0.2) is 54.6 Å². The average molecular weight is 610 g/mol. The van der Waals surface area contributed by atoms with E-state index in [0.29, 0.717) is 23.8 Å². The van der Waals surface area contributed by atoms with Gasteiger partial charge in [0.1, 0.15) is 17.4 Å². The Balaban J connectivity index is 1.40. The molecule has 4 aromatic rings. The zero-order valence-corrected chi connectivity index (χ0v) is 25.3. The number of hydrogen-bond donors (Lipinski definition) is 1. The van der Waals surface area contributed by atoms with Crippen LogP contribution in [0.2, 0.25) is 5.02 Å². The zero-order chi connectivity index (χ0) is 30.0. The molecule has 220 valence electrons. The lowest BCUT2D eigenvalue weighted by Crippen LogP contribution is -2.24. The van der Waals surface area contributed by atoms with E-state index in [1.54, 1.807) is 19.2 Å². The van der Waals surface area contributed by atoms with Gasteiger partial charge in [-0.2, -0.15) is 0 Å². The molecule has 1 heterocycles. The highest BCUT2D eigenvalue weighted by Crippen LogP contribution is 2.42. The van der Waals surface area contributed by atoms with Gasteiger partial charge in [0.2, 0.25) is 5.91 Å². The van der Waals surface area contributed by atoms with Gasteiger partial charge in [-0.05, 0) is 96.5 Å². The van der Waals surface area contributed by atoms with Crippen LogP contribution in [0, 0.1) is 29.4 Å². The second kappa shape index (κ2) is 12.9. The molecule has 5 rings (SSSR count). The van der Waals surface area contributed by atoms with Crippen molar-refractivity contribution in [3.05, 3.63) is 87.3 Å². The fourth-order valence-electron chi connectivity index (χ4n) is 6.19. The Labute approximate surface area is 253 Å². The first-order chi connectivity index (χ1) is 20.2. The van der Waals surface area contributed by atoms with Gasteiger partial charge in [-0.1, -0.05) is 49.6 Å². The maximum Gasteiger partial charge on any atom is 0.248 e. The van der Waals surface area contributed by atoms with Crippen LogP contribution >= 0.6 is 22.9 Å². The van der Waals surface area contributed by atoms with Crippen molar-refractivity contribution < 1.29 is 23.1 Å². The number of fused-ring (bicyclic) bond motifs is 1. The molecule has 1 atom stereocenters. The first-order valence-electron chi connectivity index (χ1n) is 14.3. The molecule has 0 saturated heterocycles. The molecule has 3 aromatic carbocycles. The summed E-state index contributed by atoms with van der Waals surface area (Å²) in [6.45, 7) is 2.27. The van der Waals surface area contributed by atoms with Crippen LogP contribution in [0.1, 0.15) is 71.0 Å². The predicted octanol–water partition coefficient (Wildman–Crippen LogP) is 9.26. The number of halogens is 3. The van der Waals surface area contributed by atoms with Crippen LogP contribution in [-0.2, 0) is 6.42 Å². The van der Waals surface area contributed by atoms with Crippen molar-refractivity contribution in [1.29, 1.82) is 0 Å². The third-order valence-electron chi connectivity index (χ3n) is 8.68. The molecule has 1 saturated carbocycles. The van der Waals surface area contributed by atoms with E-state index in [2.05, 4.69) is 13.0 Å². The van der Waals surface area contributed by atoms with E-state index < -0.39 is 17.5 Å². The zero-order valence-electron chi connectivity index (χ0n) is 23.7. The minimum absolute atomic E-state index is 0.00439. The minimum atomic E-state index is -0.624. The Kier molecular flexibility index (Phi) is 9.28. The fraction of sp³-hybridized carbons (Fsp3) is 0.353. The lowest BCUT2D eigenvalue weighted by Gasteiger charge is -2.33. The SMILES string of the molecule is COc1ccc(-c2ccc(C(N)=O)cc2)cc1CCC(CC(=O)c1sc2c(F)ccc(F)c2c1Cl)C1CCC(C)CC1. The van der Waals surface area contributed by atoms with Crippen LogP contribution in [0.25, 0.3) is 21.2 Å². The molecular weight excluding hydrogens is 576 g/mol. The van der Waals surface area contributed by atoms with Gasteiger partial charge in [-0.15, -0.1) is 11.3 Å². The highest BCUT2D eigenvalue weighted by atomic mass is 35.5. The summed E-state index contributed by atoms with van der Waals surface area (Å²) in [4.78, 5) is 25.4. The summed E-state index contributed by atoms with van der Waals surface area (Å²) in [5.41, 5.74) is 8.81. The molecule has 0 aliphatic heterocycles. The monoisotopic (exact) mass is 609 g/mol. The van der Waals surface area contributed by atoms with E-state index in [0.717, 1.165) is 78.0 Å². The molecule has 0 radical (unpaired) electrons. The predicted molar refractivity (Wildman–Crippen MR) is 166 cm³/mol. The Morgan fingerprint density at radius 1 is 1.00 bits per heavy atom. The van der Waals surface area contributed by atoms with Crippen molar-refractivity contribution in [3.63, 3.8) is 0 Å². The van der Waals surface area contributed by atoms with Crippen LogP contribution in [-0.4, -0.2) is 18.8 Å². The number of methoxy groups -OCH3 is 1. The van der Waals surface area contributed by atoms with Gasteiger partial charge < -0.3 is 10.5 Å². The number of ketones is 1. The van der Waals surface area contributed by atoms with Crippen molar-refractivity contribution in [1.82, 2.24) is 0 Å². The van der Waals surface area contributed by atoms with Crippen LogP contribution < -0.4 is 10.5 Å². The number of benzene rings is 3. The van der Waals surface area contributed by atoms with Crippen molar-refractivity contribution in [3.8, 4) is 16.9 Å². The molecule has 1 aliphatic carbocycles. The lowest BCUT2D eigenvalue weighted by molar-refractivity contribution is 0.0922. The smallest absolute Gasteiger partial charge is 0.248 e.